The molecule has 0 atom stereocenters. The predicted octanol–water partition coefficient (Wildman–Crippen LogP) is 2.54. The van der Waals surface area contributed by atoms with Gasteiger partial charge in [-0.05, 0) is 36.8 Å². The molecule has 0 radical (unpaired) electrons. The van der Waals surface area contributed by atoms with Gasteiger partial charge in [0.05, 0.1) is 25.5 Å². The molecule has 4 rings (SSSR count). The molecule has 2 aromatic carbocycles. The van der Waals surface area contributed by atoms with E-state index in [0.29, 0.717) is 43.1 Å². The third-order valence-corrected chi connectivity index (χ3v) is 5.49. The number of nitrogens with one attached hydrogen (secondary N) is 1. The summed E-state index contributed by atoms with van der Waals surface area (Å²) in [5.41, 5.74) is 1.34. The van der Waals surface area contributed by atoms with Crippen molar-refractivity contribution in [2.45, 2.75) is 12.8 Å². The van der Waals surface area contributed by atoms with Crippen molar-refractivity contribution in [3.63, 3.8) is 0 Å². The number of fused-ring (bicyclic) bond motifs is 1. The summed E-state index contributed by atoms with van der Waals surface area (Å²) in [6, 6.07) is 15.0. The average Bonchev–Trinajstić information content (AvgIpc) is 2.82. The normalized spacial score (nSPS) is 16.2. The maximum atomic E-state index is 12.5. The molecule has 1 fully saturated rings. The number of nitrogens with zero attached hydrogens (tertiary/aromatic N) is 2. The van der Waals surface area contributed by atoms with Crippen molar-refractivity contribution in [2.24, 2.45) is 0 Å². The van der Waals surface area contributed by atoms with E-state index in [0.717, 1.165) is 38.6 Å². The van der Waals surface area contributed by atoms with Gasteiger partial charge in [0.25, 0.3) is 5.91 Å². The molecule has 2 heterocycles. The van der Waals surface area contributed by atoms with Gasteiger partial charge in [-0.1, -0.05) is 18.2 Å². The minimum absolute atomic E-state index is 0.0310. The number of anilines is 2. The van der Waals surface area contributed by atoms with Gasteiger partial charge >= 0.3 is 0 Å². The van der Waals surface area contributed by atoms with Gasteiger partial charge in [0, 0.05) is 38.3 Å². The summed E-state index contributed by atoms with van der Waals surface area (Å²) < 4.78 is 16.6. The zero-order chi connectivity index (χ0) is 22.2. The molecule has 2 aliphatic rings. The van der Waals surface area contributed by atoms with Crippen LogP contribution in [0.3, 0.4) is 0 Å². The summed E-state index contributed by atoms with van der Waals surface area (Å²) in [5, 5.41) is 2.92. The third-order valence-electron chi connectivity index (χ3n) is 5.49. The number of para-hydroxylation sites is 1. The Balaban J connectivity index is 1.30. The van der Waals surface area contributed by atoms with Crippen LogP contribution in [0.2, 0.25) is 0 Å². The van der Waals surface area contributed by atoms with Crippen molar-refractivity contribution in [3.8, 4) is 11.5 Å². The fourth-order valence-corrected chi connectivity index (χ4v) is 3.75. The van der Waals surface area contributed by atoms with Crippen LogP contribution in [-0.2, 0) is 14.3 Å². The van der Waals surface area contributed by atoms with E-state index in [-0.39, 0.29) is 18.4 Å². The lowest BCUT2D eigenvalue weighted by Crippen LogP contribution is -2.45. The highest BCUT2D eigenvalue weighted by Crippen LogP contribution is 2.34. The lowest BCUT2D eigenvalue weighted by molar-refractivity contribution is -0.121. The Hall–Kier alpha value is -3.10. The highest BCUT2D eigenvalue weighted by Gasteiger charge is 2.26. The van der Waals surface area contributed by atoms with Crippen LogP contribution in [0.25, 0.3) is 0 Å². The molecule has 0 aromatic heterocycles. The first-order valence-electron chi connectivity index (χ1n) is 11.0. The first-order chi connectivity index (χ1) is 15.7. The van der Waals surface area contributed by atoms with E-state index in [1.165, 1.54) is 0 Å². The Morgan fingerprint density at radius 1 is 1.06 bits per heavy atom. The van der Waals surface area contributed by atoms with Crippen molar-refractivity contribution < 1.29 is 23.8 Å². The summed E-state index contributed by atoms with van der Waals surface area (Å²) >= 11 is 0. The maximum Gasteiger partial charge on any atom is 0.265 e. The zero-order valence-corrected chi connectivity index (χ0v) is 18.1. The van der Waals surface area contributed by atoms with Crippen LogP contribution in [0.1, 0.15) is 12.8 Å². The van der Waals surface area contributed by atoms with Crippen LogP contribution < -0.4 is 19.7 Å². The first-order valence-corrected chi connectivity index (χ1v) is 11.0. The summed E-state index contributed by atoms with van der Waals surface area (Å²) in [4.78, 5) is 28.9. The predicted molar refractivity (Wildman–Crippen MR) is 121 cm³/mol. The van der Waals surface area contributed by atoms with E-state index in [1.54, 1.807) is 17.0 Å². The SMILES string of the molecule is O=C(CCCOc1ccccc1)Nc1ccc2c(c1)N(CCN1CCOCC1)C(=O)CO2. The van der Waals surface area contributed by atoms with Crippen LogP contribution in [0.5, 0.6) is 11.5 Å². The van der Waals surface area contributed by atoms with Crippen molar-refractivity contribution in [2.75, 3.05) is 62.8 Å². The first kappa shape index (κ1) is 22.1. The highest BCUT2D eigenvalue weighted by molar-refractivity contribution is 5.99. The second kappa shape index (κ2) is 11.0. The molecule has 0 spiro atoms. The number of rotatable bonds is 9. The highest BCUT2D eigenvalue weighted by atomic mass is 16.5. The second-order valence-electron chi connectivity index (χ2n) is 7.78. The minimum atomic E-state index is -0.0930. The van der Waals surface area contributed by atoms with Crippen LogP contribution in [0.4, 0.5) is 11.4 Å². The Morgan fingerprint density at radius 2 is 1.88 bits per heavy atom. The number of carbonyl (C=O) groups excluding carboxylic acids is 2. The molecule has 32 heavy (non-hydrogen) atoms. The van der Waals surface area contributed by atoms with Crippen LogP contribution in [0.15, 0.2) is 48.5 Å². The van der Waals surface area contributed by atoms with E-state index >= 15 is 0 Å². The standard InChI is InChI=1S/C24H29N3O5/c28-23(7-4-14-31-20-5-2-1-3-6-20)25-19-8-9-22-21(17-19)27(24(29)18-32-22)11-10-26-12-15-30-16-13-26/h1-3,5-6,8-9,17H,4,7,10-16,18H2,(H,25,28). The second-order valence-corrected chi connectivity index (χ2v) is 7.78. The van der Waals surface area contributed by atoms with E-state index in [4.69, 9.17) is 14.2 Å². The fourth-order valence-electron chi connectivity index (χ4n) is 3.75. The van der Waals surface area contributed by atoms with Gasteiger partial charge in [-0.3, -0.25) is 14.5 Å². The van der Waals surface area contributed by atoms with Gasteiger partial charge < -0.3 is 24.4 Å². The van der Waals surface area contributed by atoms with Gasteiger partial charge in [0.15, 0.2) is 6.61 Å². The Morgan fingerprint density at radius 3 is 2.69 bits per heavy atom. The molecular formula is C24H29N3O5. The topological polar surface area (TPSA) is 80.3 Å². The van der Waals surface area contributed by atoms with Gasteiger partial charge in [-0.2, -0.15) is 0 Å². The molecule has 8 nitrogen and oxygen atoms in total. The molecule has 170 valence electrons. The third kappa shape index (κ3) is 5.99. The van der Waals surface area contributed by atoms with Gasteiger partial charge in [0.1, 0.15) is 11.5 Å². The number of carbonyl (C=O) groups is 2. The van der Waals surface area contributed by atoms with Gasteiger partial charge in [0.2, 0.25) is 5.91 Å². The molecule has 0 saturated carbocycles. The lowest BCUT2D eigenvalue weighted by atomic mass is 10.2. The van der Waals surface area contributed by atoms with Crippen LogP contribution in [-0.4, -0.2) is 69.3 Å². The molecule has 0 aliphatic carbocycles. The van der Waals surface area contributed by atoms with E-state index in [2.05, 4.69) is 10.2 Å². The molecular weight excluding hydrogens is 410 g/mol. The number of amides is 2. The largest absolute Gasteiger partial charge is 0.494 e. The number of hydrogen-bond donors (Lipinski definition) is 1. The van der Waals surface area contributed by atoms with Gasteiger partial charge in [-0.25, -0.2) is 0 Å². The van der Waals surface area contributed by atoms with Crippen LogP contribution in [0, 0.1) is 0 Å². The Kier molecular flexibility index (Phi) is 7.58. The van der Waals surface area contributed by atoms with Crippen molar-refractivity contribution in [1.29, 1.82) is 0 Å². The number of hydrogen-bond acceptors (Lipinski definition) is 6. The summed E-state index contributed by atoms with van der Waals surface area (Å²) in [5.74, 6) is 1.28. The van der Waals surface area contributed by atoms with Gasteiger partial charge in [-0.15, -0.1) is 0 Å². The summed E-state index contributed by atoms with van der Waals surface area (Å²) in [6.07, 6.45) is 0.957. The summed E-state index contributed by atoms with van der Waals surface area (Å²) in [6.45, 7) is 5.03. The molecule has 2 aliphatic heterocycles. The molecule has 1 saturated heterocycles. The number of morpholine rings is 1. The van der Waals surface area contributed by atoms with E-state index in [1.807, 2.05) is 36.4 Å². The molecule has 2 aromatic rings. The molecule has 0 bridgehead atoms. The van der Waals surface area contributed by atoms with Crippen molar-refractivity contribution in [1.82, 2.24) is 4.90 Å². The Bertz CT molecular complexity index is 915. The smallest absolute Gasteiger partial charge is 0.265 e. The molecule has 0 unspecified atom stereocenters. The van der Waals surface area contributed by atoms with Crippen molar-refractivity contribution >= 4 is 23.2 Å². The van der Waals surface area contributed by atoms with Crippen LogP contribution >= 0.6 is 0 Å². The molecule has 8 heteroatoms. The number of benzene rings is 2. The van der Waals surface area contributed by atoms with E-state index in [9.17, 15) is 9.59 Å². The molecule has 2 amide bonds. The summed E-state index contributed by atoms with van der Waals surface area (Å²) in [7, 11) is 0. The fraction of sp³-hybridized carbons (Fsp3) is 0.417. The molecule has 1 N–H and O–H groups in total. The average molecular weight is 440 g/mol. The quantitative estimate of drug-likeness (QED) is 0.605. The monoisotopic (exact) mass is 439 g/mol. The van der Waals surface area contributed by atoms with E-state index < -0.39 is 0 Å². The number of ether oxygens (including phenoxy) is 3. The minimum Gasteiger partial charge on any atom is -0.494 e. The zero-order valence-electron chi connectivity index (χ0n) is 18.1. The lowest BCUT2D eigenvalue weighted by Gasteiger charge is -2.33. The Labute approximate surface area is 188 Å². The maximum absolute atomic E-state index is 12.5. The van der Waals surface area contributed by atoms with Crippen molar-refractivity contribution in [3.05, 3.63) is 48.5 Å².